The monoisotopic (exact) mass is 864 g/mol. The number of nitro benzene ring substituents is 1. The second-order valence-corrected chi connectivity index (χ2v) is 17.9. The van der Waals surface area contributed by atoms with Crippen LogP contribution in [-0.4, -0.2) is 74.6 Å². The van der Waals surface area contributed by atoms with Gasteiger partial charge in [-0.25, -0.2) is 13.1 Å². The van der Waals surface area contributed by atoms with Gasteiger partial charge in [0.2, 0.25) is 5.75 Å². The van der Waals surface area contributed by atoms with Crippen LogP contribution in [0.15, 0.2) is 102 Å². The highest BCUT2D eigenvalue weighted by molar-refractivity contribution is 7.90. The zero-order valence-electron chi connectivity index (χ0n) is 32.9. The lowest BCUT2D eigenvalue weighted by atomic mass is 9.72. The minimum atomic E-state index is -4.94. The Labute approximate surface area is 350 Å². The number of piperazine rings is 1. The maximum Gasteiger partial charge on any atom is 0.390 e. The number of carbonyl (C=O) groups is 1. The molecule has 1 aromatic heterocycles. The molecule has 17 heteroatoms. The number of hydrogen-bond donors (Lipinski definition) is 3. The molecule has 5 aromatic rings. The van der Waals surface area contributed by atoms with Crippen molar-refractivity contribution in [3.8, 4) is 11.5 Å². The summed E-state index contributed by atoms with van der Waals surface area (Å²) in [5.74, 6) is -1.77. The Morgan fingerprint density at radius 2 is 1.72 bits per heavy atom. The molecule has 316 valence electrons. The summed E-state index contributed by atoms with van der Waals surface area (Å²) in [4.78, 5) is 31.8. The van der Waals surface area contributed by atoms with Crippen molar-refractivity contribution in [1.29, 1.82) is 0 Å². The first-order valence-corrected chi connectivity index (χ1v) is 21.3. The number of aromatic amines is 1. The molecule has 0 bridgehead atoms. The fourth-order valence-electron chi connectivity index (χ4n) is 7.76. The Kier molecular flexibility index (Phi) is 12.2. The van der Waals surface area contributed by atoms with E-state index >= 15 is 0 Å². The average molecular weight is 865 g/mol. The van der Waals surface area contributed by atoms with Gasteiger partial charge in [-0.15, -0.1) is 0 Å². The van der Waals surface area contributed by atoms with Crippen molar-refractivity contribution in [1.82, 2.24) is 14.6 Å². The Morgan fingerprint density at radius 1 is 1.00 bits per heavy atom. The number of hydrogen-bond acceptors (Lipinski definition) is 9. The van der Waals surface area contributed by atoms with E-state index in [4.69, 9.17) is 16.3 Å². The third kappa shape index (κ3) is 9.88. The second-order valence-electron chi connectivity index (χ2n) is 15.8. The number of nitro groups is 1. The minimum absolute atomic E-state index is 0.00796. The van der Waals surface area contributed by atoms with Crippen LogP contribution in [0.4, 0.5) is 30.2 Å². The highest BCUT2D eigenvalue weighted by Crippen LogP contribution is 2.49. The highest BCUT2D eigenvalue weighted by Gasteiger charge is 2.38. The molecule has 0 radical (unpaired) electrons. The Morgan fingerprint density at radius 3 is 2.40 bits per heavy atom. The topological polar surface area (TPSA) is 150 Å². The van der Waals surface area contributed by atoms with Gasteiger partial charge in [-0.1, -0.05) is 61.4 Å². The molecule has 0 atom stereocenters. The fourth-order valence-corrected chi connectivity index (χ4v) is 9.00. The molecule has 4 aromatic carbocycles. The first-order chi connectivity index (χ1) is 28.5. The Balaban J connectivity index is 1.28. The first-order valence-electron chi connectivity index (χ1n) is 19.4. The van der Waals surface area contributed by atoms with Crippen molar-refractivity contribution in [2.75, 3.05) is 49.5 Å². The van der Waals surface area contributed by atoms with Gasteiger partial charge in [0.25, 0.3) is 15.9 Å². The number of sulfonamides is 1. The van der Waals surface area contributed by atoms with Crippen LogP contribution in [0.5, 0.6) is 11.5 Å². The maximum atomic E-state index is 14.3. The largest absolute Gasteiger partial charge is 0.449 e. The number of allylic oxidation sites excluding steroid dienone is 1. The molecule has 0 spiro atoms. The van der Waals surface area contributed by atoms with Crippen molar-refractivity contribution >= 4 is 61.1 Å². The summed E-state index contributed by atoms with van der Waals surface area (Å²) in [5, 5.41) is 17.1. The number of alkyl halides is 3. The molecule has 1 fully saturated rings. The summed E-state index contributed by atoms with van der Waals surface area (Å²) in [7, 11) is -4.94. The lowest BCUT2D eigenvalue weighted by Crippen LogP contribution is -2.47. The van der Waals surface area contributed by atoms with Gasteiger partial charge in [0.1, 0.15) is 16.3 Å². The number of anilines is 2. The Bertz CT molecular complexity index is 2540. The van der Waals surface area contributed by atoms with Crippen LogP contribution in [-0.2, 0) is 10.0 Å². The van der Waals surface area contributed by atoms with Gasteiger partial charge < -0.3 is 19.9 Å². The number of benzene rings is 4. The number of H-pyrrole nitrogens is 1. The van der Waals surface area contributed by atoms with Gasteiger partial charge in [-0.3, -0.25) is 19.8 Å². The molecule has 2 heterocycles. The zero-order valence-corrected chi connectivity index (χ0v) is 34.5. The highest BCUT2D eigenvalue weighted by atomic mass is 35.5. The summed E-state index contributed by atoms with van der Waals surface area (Å²) in [5.41, 5.74) is 3.20. The van der Waals surface area contributed by atoms with Crippen molar-refractivity contribution in [3.63, 3.8) is 0 Å². The predicted octanol–water partition coefficient (Wildman–Crippen LogP) is 9.79. The van der Waals surface area contributed by atoms with Crippen molar-refractivity contribution in [2.45, 2.75) is 50.6 Å². The van der Waals surface area contributed by atoms with Gasteiger partial charge in [0.15, 0.2) is 0 Å². The van der Waals surface area contributed by atoms with Gasteiger partial charge in [-0.05, 0) is 90.4 Å². The first kappa shape index (κ1) is 42.5. The van der Waals surface area contributed by atoms with Crippen molar-refractivity contribution in [3.05, 3.63) is 123 Å². The molecule has 1 aliphatic carbocycles. The van der Waals surface area contributed by atoms with E-state index < -0.39 is 56.3 Å². The van der Waals surface area contributed by atoms with Crippen molar-refractivity contribution < 1.29 is 36.0 Å². The van der Waals surface area contributed by atoms with Crippen LogP contribution in [0.3, 0.4) is 0 Å². The minimum Gasteiger partial charge on any atom is -0.449 e. The number of amides is 1. The quantitative estimate of drug-likeness (QED) is 0.0777. The molecule has 2 aliphatic rings. The average Bonchev–Trinajstić information content (AvgIpc) is 3.67. The number of rotatable bonds is 13. The van der Waals surface area contributed by atoms with E-state index in [-0.39, 0.29) is 41.2 Å². The summed E-state index contributed by atoms with van der Waals surface area (Å²) >= 11 is 6.21. The lowest BCUT2D eigenvalue weighted by Gasteiger charge is -2.40. The van der Waals surface area contributed by atoms with Crippen LogP contribution >= 0.6 is 11.6 Å². The second kappa shape index (κ2) is 17.2. The van der Waals surface area contributed by atoms with Crippen LogP contribution < -0.4 is 19.7 Å². The fraction of sp³-hybridized carbons (Fsp3) is 0.326. The van der Waals surface area contributed by atoms with Crippen molar-refractivity contribution in [2.24, 2.45) is 5.41 Å². The van der Waals surface area contributed by atoms with Crippen LogP contribution in [0.1, 0.15) is 55.5 Å². The Hall–Kier alpha value is -5.58. The number of nitrogens with one attached hydrogen (secondary N) is 3. The molecule has 60 heavy (non-hydrogen) atoms. The molecule has 7 rings (SSSR count). The molecule has 0 unspecified atom stereocenters. The van der Waals surface area contributed by atoms with Gasteiger partial charge in [0, 0.05) is 67.0 Å². The van der Waals surface area contributed by atoms with Gasteiger partial charge in [0.05, 0.1) is 17.0 Å². The number of carbonyl (C=O) groups excluding carboxylic acids is 1. The third-order valence-corrected chi connectivity index (χ3v) is 12.5. The van der Waals surface area contributed by atoms with Gasteiger partial charge in [-0.2, -0.15) is 13.2 Å². The van der Waals surface area contributed by atoms with E-state index in [0.29, 0.717) is 35.6 Å². The molecule has 12 nitrogen and oxygen atoms in total. The number of aromatic nitrogens is 1. The van der Waals surface area contributed by atoms with E-state index in [1.807, 2.05) is 29.0 Å². The van der Waals surface area contributed by atoms with E-state index in [0.717, 1.165) is 30.9 Å². The number of ether oxygens (including phenoxy) is 1. The molecule has 3 N–H and O–H groups in total. The molecular formula is C43H44ClF3N6O6S. The summed E-state index contributed by atoms with van der Waals surface area (Å²) < 4.78 is 77.2. The summed E-state index contributed by atoms with van der Waals surface area (Å²) in [6.45, 7) is 5.81. The lowest BCUT2D eigenvalue weighted by molar-refractivity contribution is -0.384. The summed E-state index contributed by atoms with van der Waals surface area (Å²) in [6.07, 6.45) is -1.49. The van der Waals surface area contributed by atoms with E-state index in [9.17, 15) is 36.5 Å². The van der Waals surface area contributed by atoms with E-state index in [1.165, 1.54) is 35.4 Å². The zero-order chi connectivity index (χ0) is 42.8. The molecule has 0 saturated carbocycles. The van der Waals surface area contributed by atoms with E-state index in [1.54, 1.807) is 41.4 Å². The molecule has 1 amide bonds. The van der Waals surface area contributed by atoms with Gasteiger partial charge >= 0.3 is 11.9 Å². The molecular weight excluding hydrogens is 821 g/mol. The predicted molar refractivity (Wildman–Crippen MR) is 226 cm³/mol. The smallest absolute Gasteiger partial charge is 0.390 e. The normalized spacial score (nSPS) is 16.2. The number of nitrogens with zero attached hydrogens (tertiary/aromatic N) is 3. The van der Waals surface area contributed by atoms with E-state index in [2.05, 4.69) is 29.0 Å². The van der Waals surface area contributed by atoms with Crippen LogP contribution in [0, 0.1) is 15.5 Å². The van der Waals surface area contributed by atoms with Crippen LogP contribution in [0.25, 0.3) is 16.5 Å². The third-order valence-electron chi connectivity index (χ3n) is 10.9. The summed E-state index contributed by atoms with van der Waals surface area (Å²) in [6, 6.07) is 22.8. The SMILES string of the molecule is CC1(C)CCC(CN2CCN(c3cc(S(=O)(=O)NC(=O)c4ccccc4)c(Oc4ccc5[nH]ccc5c4)c([N+](=O)[O-])c3NCCC(F)(F)F)CC2)=C(c2ccc(Cl)cc2)C1. The standard InChI is InChI=1S/C43H44ClF3N6O6S/c1-42(2)16-14-31(34(26-42)28-8-10-32(44)11-9-28)27-51-20-22-52(23-21-51)36-25-37(60(57,58)50-41(54)29-6-4-3-5-7-29)40(59-33-12-13-35-30(24-33)15-18-48-35)39(53(55)56)38(36)49-19-17-43(45,46)47/h3-13,15,18,24-25,48-49H,14,16-17,19-23,26-27H2,1-2H3,(H,50,54). The van der Waals surface area contributed by atoms with Crippen LogP contribution in [0.2, 0.25) is 5.02 Å². The maximum absolute atomic E-state index is 14.3. The molecule has 1 saturated heterocycles. The number of fused-ring (bicyclic) bond motifs is 1. The molecule has 1 aliphatic heterocycles. The number of halogens is 4.